The molecule has 0 amide bonds. The van der Waals surface area contributed by atoms with Crippen LogP contribution in [0.2, 0.25) is 0 Å². The normalized spacial score (nSPS) is 30.5. The Morgan fingerprint density at radius 3 is 2.53 bits per heavy atom. The molecule has 1 fully saturated rings. The van der Waals surface area contributed by atoms with Crippen LogP contribution in [0.1, 0.15) is 16.6 Å². The van der Waals surface area contributed by atoms with E-state index in [2.05, 4.69) is 0 Å². The van der Waals surface area contributed by atoms with Crippen molar-refractivity contribution in [1.29, 1.82) is 0 Å². The summed E-state index contributed by atoms with van der Waals surface area (Å²) in [4.78, 5) is 22.5. The van der Waals surface area contributed by atoms with E-state index in [1.807, 2.05) is 0 Å². The zero-order chi connectivity index (χ0) is 14.2. The van der Waals surface area contributed by atoms with Crippen molar-refractivity contribution >= 4 is 5.97 Å². The van der Waals surface area contributed by atoms with E-state index in [0.717, 1.165) is 22.9 Å². The standard InChI is InChI=1S/C11H13NO7/c13-4-6-8(15)9(16)10(19-6)12-3-5(11(17)18)1-2-7(12)14/h1-3,6,8-10,13,15-16H,4H2,(H,17,18)/t6-,8+,9-,10-/m1/s1. The smallest absolute Gasteiger partial charge is 0.337 e. The van der Waals surface area contributed by atoms with E-state index in [0.29, 0.717) is 0 Å². The zero-order valence-electron chi connectivity index (χ0n) is 9.71. The molecule has 1 aliphatic heterocycles. The number of ether oxygens (including phenoxy) is 1. The Kier molecular flexibility index (Phi) is 3.67. The maximum Gasteiger partial charge on any atom is 0.337 e. The van der Waals surface area contributed by atoms with Crippen LogP contribution >= 0.6 is 0 Å². The minimum Gasteiger partial charge on any atom is -0.478 e. The molecule has 4 N–H and O–H groups in total. The number of rotatable bonds is 3. The van der Waals surface area contributed by atoms with Gasteiger partial charge in [-0.05, 0) is 6.07 Å². The Bertz CT molecular complexity index is 540. The molecule has 1 saturated heterocycles. The second-order valence-electron chi connectivity index (χ2n) is 4.20. The third kappa shape index (κ3) is 2.38. The van der Waals surface area contributed by atoms with Crippen LogP contribution in [0.4, 0.5) is 0 Å². The zero-order valence-corrected chi connectivity index (χ0v) is 9.71. The third-order valence-corrected chi connectivity index (χ3v) is 2.98. The molecule has 0 bridgehead atoms. The van der Waals surface area contributed by atoms with Crippen molar-refractivity contribution in [2.24, 2.45) is 0 Å². The molecular weight excluding hydrogens is 258 g/mol. The highest BCUT2D eigenvalue weighted by molar-refractivity contribution is 5.87. The molecule has 0 radical (unpaired) electrons. The summed E-state index contributed by atoms with van der Waals surface area (Å²) in [5.41, 5.74) is -0.739. The fraction of sp³-hybridized carbons (Fsp3) is 0.455. The second-order valence-corrected chi connectivity index (χ2v) is 4.20. The van der Waals surface area contributed by atoms with E-state index in [1.165, 1.54) is 0 Å². The summed E-state index contributed by atoms with van der Waals surface area (Å²) in [5.74, 6) is -1.24. The summed E-state index contributed by atoms with van der Waals surface area (Å²) in [6.45, 7) is -0.526. The van der Waals surface area contributed by atoms with E-state index in [-0.39, 0.29) is 5.56 Å². The first-order chi connectivity index (χ1) is 8.95. The molecule has 0 aliphatic carbocycles. The molecule has 1 aliphatic rings. The SMILES string of the molecule is O=C(O)c1ccc(=O)n([C@@H]2O[C@H](CO)[C@H](O)[C@H]2O)c1. The minimum atomic E-state index is -1.43. The van der Waals surface area contributed by atoms with Gasteiger partial charge in [0.15, 0.2) is 6.23 Å². The molecule has 0 unspecified atom stereocenters. The van der Waals surface area contributed by atoms with Gasteiger partial charge in [-0.15, -0.1) is 0 Å². The Balaban J connectivity index is 2.39. The highest BCUT2D eigenvalue weighted by Gasteiger charge is 2.43. The molecule has 0 spiro atoms. The fourth-order valence-corrected chi connectivity index (χ4v) is 1.94. The summed E-state index contributed by atoms with van der Waals surface area (Å²) in [5, 5.41) is 37.2. The first-order valence-electron chi connectivity index (χ1n) is 5.53. The van der Waals surface area contributed by atoms with Crippen molar-refractivity contribution in [3.8, 4) is 0 Å². The number of carbonyl (C=O) groups is 1. The number of aliphatic hydroxyl groups is 3. The number of aromatic carboxylic acids is 1. The molecule has 2 rings (SSSR count). The summed E-state index contributed by atoms with van der Waals surface area (Å²) >= 11 is 0. The highest BCUT2D eigenvalue weighted by Crippen LogP contribution is 2.28. The van der Waals surface area contributed by atoms with Gasteiger partial charge in [0.2, 0.25) is 0 Å². The van der Waals surface area contributed by atoms with Crippen molar-refractivity contribution in [2.75, 3.05) is 6.61 Å². The summed E-state index contributed by atoms with van der Waals surface area (Å²) in [6, 6.07) is 2.15. The predicted octanol–water partition coefficient (Wildman–Crippen LogP) is -1.84. The van der Waals surface area contributed by atoms with Gasteiger partial charge < -0.3 is 25.2 Å². The monoisotopic (exact) mass is 271 g/mol. The van der Waals surface area contributed by atoms with Crippen LogP contribution in [0.5, 0.6) is 0 Å². The second kappa shape index (κ2) is 5.10. The van der Waals surface area contributed by atoms with Gasteiger partial charge >= 0.3 is 5.97 Å². The number of hydrogen-bond acceptors (Lipinski definition) is 6. The lowest BCUT2D eigenvalue weighted by molar-refractivity contribution is -0.0544. The maximum atomic E-state index is 11.7. The van der Waals surface area contributed by atoms with E-state index in [9.17, 15) is 19.8 Å². The predicted molar refractivity (Wildman–Crippen MR) is 60.7 cm³/mol. The Morgan fingerprint density at radius 1 is 1.32 bits per heavy atom. The van der Waals surface area contributed by atoms with Crippen molar-refractivity contribution in [3.63, 3.8) is 0 Å². The number of carboxylic acids is 1. The quantitative estimate of drug-likeness (QED) is 0.508. The van der Waals surface area contributed by atoms with Crippen molar-refractivity contribution in [1.82, 2.24) is 4.57 Å². The Morgan fingerprint density at radius 2 is 2.00 bits per heavy atom. The van der Waals surface area contributed by atoms with E-state index in [4.69, 9.17) is 14.9 Å². The van der Waals surface area contributed by atoms with Crippen LogP contribution in [0.3, 0.4) is 0 Å². The lowest BCUT2D eigenvalue weighted by atomic mass is 10.1. The van der Waals surface area contributed by atoms with Crippen molar-refractivity contribution in [3.05, 3.63) is 34.2 Å². The Hall–Kier alpha value is -1.74. The van der Waals surface area contributed by atoms with Crippen LogP contribution < -0.4 is 5.56 Å². The molecule has 104 valence electrons. The molecule has 0 saturated carbocycles. The van der Waals surface area contributed by atoms with Crippen molar-refractivity contribution in [2.45, 2.75) is 24.5 Å². The molecule has 2 heterocycles. The van der Waals surface area contributed by atoms with Gasteiger partial charge in [-0.3, -0.25) is 9.36 Å². The molecule has 19 heavy (non-hydrogen) atoms. The van der Waals surface area contributed by atoms with Crippen LogP contribution in [0.25, 0.3) is 0 Å². The van der Waals surface area contributed by atoms with Gasteiger partial charge in [0.25, 0.3) is 5.56 Å². The molecule has 1 aromatic heterocycles. The average molecular weight is 271 g/mol. The van der Waals surface area contributed by atoms with Gasteiger partial charge in [-0.2, -0.15) is 0 Å². The van der Waals surface area contributed by atoms with Crippen LogP contribution in [0, 0.1) is 0 Å². The molecule has 8 heteroatoms. The van der Waals surface area contributed by atoms with Crippen LogP contribution in [-0.4, -0.2) is 55.9 Å². The van der Waals surface area contributed by atoms with Gasteiger partial charge in [0.05, 0.1) is 12.2 Å². The molecule has 8 nitrogen and oxygen atoms in total. The first kappa shape index (κ1) is 13.7. The third-order valence-electron chi connectivity index (χ3n) is 2.98. The number of aromatic nitrogens is 1. The van der Waals surface area contributed by atoms with E-state index in [1.54, 1.807) is 0 Å². The van der Waals surface area contributed by atoms with Gasteiger partial charge in [-0.1, -0.05) is 0 Å². The van der Waals surface area contributed by atoms with Gasteiger partial charge in [0, 0.05) is 12.3 Å². The first-order valence-corrected chi connectivity index (χ1v) is 5.53. The summed E-state index contributed by atoms with van der Waals surface area (Å²) < 4.78 is 6.04. The number of aliphatic hydroxyl groups excluding tert-OH is 3. The van der Waals surface area contributed by atoms with Crippen LogP contribution in [0.15, 0.2) is 23.1 Å². The fourth-order valence-electron chi connectivity index (χ4n) is 1.94. The van der Waals surface area contributed by atoms with Gasteiger partial charge in [0.1, 0.15) is 18.3 Å². The van der Waals surface area contributed by atoms with Crippen LogP contribution in [-0.2, 0) is 4.74 Å². The Labute approximate surface area is 107 Å². The average Bonchev–Trinajstić information content (AvgIpc) is 2.66. The highest BCUT2D eigenvalue weighted by atomic mass is 16.6. The number of pyridine rings is 1. The number of hydrogen-bond donors (Lipinski definition) is 4. The maximum absolute atomic E-state index is 11.7. The van der Waals surface area contributed by atoms with E-state index >= 15 is 0 Å². The minimum absolute atomic E-state index is 0.155. The molecule has 0 aromatic carbocycles. The summed E-state index contributed by atoms with van der Waals surface area (Å²) in [7, 11) is 0. The van der Waals surface area contributed by atoms with Crippen molar-refractivity contribution < 1.29 is 30.0 Å². The van der Waals surface area contributed by atoms with E-state index < -0.39 is 42.7 Å². The topological polar surface area (TPSA) is 129 Å². The number of nitrogens with zero attached hydrogens (tertiary/aromatic N) is 1. The van der Waals surface area contributed by atoms with Gasteiger partial charge in [-0.25, -0.2) is 4.79 Å². The molecule has 4 atom stereocenters. The number of carboxylic acid groups (broad SMARTS) is 1. The molecule has 1 aromatic rings. The largest absolute Gasteiger partial charge is 0.478 e. The lowest BCUT2D eigenvalue weighted by Gasteiger charge is -2.17. The summed E-state index contributed by atoms with van der Waals surface area (Å²) in [6.07, 6.45) is -4.03. The molecular formula is C11H13NO7. The lowest BCUT2D eigenvalue weighted by Crippen LogP contribution is -2.35.